The zero-order valence-corrected chi connectivity index (χ0v) is 31.4. The van der Waals surface area contributed by atoms with E-state index in [0.717, 1.165) is 6.42 Å². The van der Waals surface area contributed by atoms with E-state index in [4.69, 9.17) is 56.8 Å². The van der Waals surface area contributed by atoms with Crippen molar-refractivity contribution >= 4 is 11.9 Å². The van der Waals surface area contributed by atoms with E-state index in [-0.39, 0.29) is 39.0 Å². The SMILES string of the molecule is CCCC(=O)OCCOCCOCCOCCOCCOCCOCCOCCOCCOCCOCCOCCC(=O)Oc1c(F)c(F)c(F)c(F)c1F. The van der Waals surface area contributed by atoms with Crippen molar-refractivity contribution in [3.8, 4) is 5.75 Å². The molecule has 0 saturated heterocycles. The van der Waals surface area contributed by atoms with Gasteiger partial charge in [0.05, 0.1) is 152 Å². The Kier molecular flexibility index (Phi) is 32.8. The Hall–Kier alpha value is -2.63. The number of hydrogen-bond acceptors (Lipinski definition) is 15. The molecular weight excluding hydrogens is 755 g/mol. The van der Waals surface area contributed by atoms with E-state index in [2.05, 4.69) is 4.74 Å². The largest absolute Gasteiger partial charge is 0.463 e. The molecule has 0 aliphatic rings. The van der Waals surface area contributed by atoms with Crippen LogP contribution in [0.3, 0.4) is 0 Å². The summed E-state index contributed by atoms with van der Waals surface area (Å²) in [5, 5.41) is 0. The van der Waals surface area contributed by atoms with Crippen molar-refractivity contribution in [3.05, 3.63) is 29.1 Å². The van der Waals surface area contributed by atoms with Crippen molar-refractivity contribution < 1.29 is 93.1 Å². The summed E-state index contributed by atoms with van der Waals surface area (Å²) in [4.78, 5) is 22.8. The van der Waals surface area contributed by atoms with Gasteiger partial charge in [-0.15, -0.1) is 0 Å². The predicted octanol–water partition coefficient (Wildman–Crippen LogP) is 3.20. The maximum atomic E-state index is 13.5. The summed E-state index contributed by atoms with van der Waals surface area (Å²) in [7, 11) is 0. The number of hydrogen-bond donors (Lipinski definition) is 0. The van der Waals surface area contributed by atoms with E-state index >= 15 is 0 Å². The molecule has 20 heteroatoms. The third-order valence-electron chi connectivity index (χ3n) is 6.50. The van der Waals surface area contributed by atoms with E-state index in [1.165, 1.54) is 0 Å². The van der Waals surface area contributed by atoms with Crippen LogP contribution in [0.5, 0.6) is 5.75 Å². The summed E-state index contributed by atoms with van der Waals surface area (Å²) in [6, 6.07) is 0. The maximum absolute atomic E-state index is 13.5. The van der Waals surface area contributed by atoms with E-state index in [9.17, 15) is 31.5 Å². The molecule has 0 fully saturated rings. The van der Waals surface area contributed by atoms with Gasteiger partial charge in [-0.25, -0.2) is 13.2 Å². The summed E-state index contributed by atoms with van der Waals surface area (Å²) >= 11 is 0. The number of esters is 2. The smallest absolute Gasteiger partial charge is 0.313 e. The molecule has 0 saturated carbocycles. The average molecular weight is 811 g/mol. The van der Waals surface area contributed by atoms with Crippen molar-refractivity contribution in [2.24, 2.45) is 0 Å². The van der Waals surface area contributed by atoms with Crippen LogP contribution in [0.15, 0.2) is 0 Å². The molecule has 0 unspecified atom stereocenters. The minimum absolute atomic E-state index is 0.0752. The molecule has 0 N–H and O–H groups in total. The molecule has 0 spiro atoms. The van der Waals surface area contributed by atoms with Crippen LogP contribution in [-0.2, 0) is 66.4 Å². The maximum Gasteiger partial charge on any atom is 0.313 e. The fourth-order valence-electron chi connectivity index (χ4n) is 3.79. The van der Waals surface area contributed by atoms with Gasteiger partial charge in [-0.1, -0.05) is 6.92 Å². The second-order valence-electron chi connectivity index (χ2n) is 10.8. The molecule has 55 heavy (non-hydrogen) atoms. The monoisotopic (exact) mass is 810 g/mol. The van der Waals surface area contributed by atoms with Gasteiger partial charge in [-0.2, -0.15) is 8.78 Å². The molecule has 1 aromatic rings. The first-order chi connectivity index (χ1) is 26.8. The number of halogens is 5. The first-order valence-electron chi connectivity index (χ1n) is 18.0. The number of benzene rings is 1. The zero-order chi connectivity index (χ0) is 40.2. The van der Waals surface area contributed by atoms with Crippen molar-refractivity contribution in [1.82, 2.24) is 0 Å². The fraction of sp³-hybridized carbons (Fsp3) is 0.771. The Balaban J connectivity index is 1.72. The topological polar surface area (TPSA) is 154 Å². The molecule has 320 valence electrons. The molecule has 1 rings (SSSR count). The minimum Gasteiger partial charge on any atom is -0.463 e. The van der Waals surface area contributed by atoms with Crippen molar-refractivity contribution in [2.45, 2.75) is 26.2 Å². The Morgan fingerprint density at radius 1 is 0.345 bits per heavy atom. The van der Waals surface area contributed by atoms with E-state index < -0.39 is 47.2 Å². The Morgan fingerprint density at radius 2 is 0.600 bits per heavy atom. The number of carbonyl (C=O) groups excluding carboxylic acids is 2. The second kappa shape index (κ2) is 35.8. The van der Waals surface area contributed by atoms with Crippen molar-refractivity contribution in [3.63, 3.8) is 0 Å². The van der Waals surface area contributed by atoms with Gasteiger partial charge in [0.25, 0.3) is 0 Å². The summed E-state index contributed by atoms with van der Waals surface area (Å²) in [5.41, 5.74) is 0. The molecule has 0 aromatic heterocycles. The quantitative estimate of drug-likeness (QED) is 0.0239. The van der Waals surface area contributed by atoms with Gasteiger partial charge >= 0.3 is 11.9 Å². The number of carbonyl (C=O) groups is 2. The van der Waals surface area contributed by atoms with Crippen LogP contribution in [-0.4, -0.2) is 164 Å². The van der Waals surface area contributed by atoms with Gasteiger partial charge in [-0.05, 0) is 6.42 Å². The molecule has 0 radical (unpaired) electrons. The highest BCUT2D eigenvalue weighted by Gasteiger charge is 2.28. The number of ether oxygens (including phenoxy) is 13. The van der Waals surface area contributed by atoms with Crippen molar-refractivity contribution in [2.75, 3.05) is 152 Å². The molecule has 0 atom stereocenters. The first-order valence-corrected chi connectivity index (χ1v) is 18.0. The lowest BCUT2D eigenvalue weighted by Gasteiger charge is -2.09. The molecular formula is C35H55F5O15. The highest BCUT2D eigenvalue weighted by molar-refractivity contribution is 5.72. The highest BCUT2D eigenvalue weighted by Crippen LogP contribution is 2.29. The highest BCUT2D eigenvalue weighted by atomic mass is 19.2. The lowest BCUT2D eigenvalue weighted by atomic mass is 10.2. The third kappa shape index (κ3) is 27.6. The van der Waals surface area contributed by atoms with Crippen LogP contribution in [0.2, 0.25) is 0 Å². The lowest BCUT2D eigenvalue weighted by Crippen LogP contribution is -2.16. The lowest BCUT2D eigenvalue weighted by molar-refractivity contribution is -0.145. The van der Waals surface area contributed by atoms with Gasteiger partial charge in [0.2, 0.25) is 34.8 Å². The van der Waals surface area contributed by atoms with Gasteiger partial charge in [0, 0.05) is 6.42 Å². The summed E-state index contributed by atoms with van der Waals surface area (Å²) in [5.74, 6) is -14.4. The standard InChI is InChI=1S/C35H55F5O15/c1-2-3-28(41)54-27-26-53-25-24-52-23-22-51-21-20-50-19-18-49-17-16-48-15-14-47-13-12-46-11-10-45-9-8-44-7-6-43-5-4-29(42)55-35-33(39)31(37)30(36)32(38)34(35)40/h2-27H2,1H3. The van der Waals surface area contributed by atoms with E-state index in [1.807, 2.05) is 6.92 Å². The summed E-state index contributed by atoms with van der Waals surface area (Å²) in [6.45, 7) is 9.90. The molecule has 1 aromatic carbocycles. The van der Waals surface area contributed by atoms with Gasteiger partial charge in [0.15, 0.2) is 0 Å². The number of rotatable bonds is 39. The Bertz CT molecular complexity index is 1090. The van der Waals surface area contributed by atoms with Crippen LogP contribution < -0.4 is 4.74 Å². The molecule has 0 amide bonds. The van der Waals surface area contributed by atoms with Crippen LogP contribution in [0.1, 0.15) is 26.2 Å². The average Bonchev–Trinajstić information content (AvgIpc) is 3.18. The predicted molar refractivity (Wildman–Crippen MR) is 181 cm³/mol. The van der Waals surface area contributed by atoms with E-state index in [0.29, 0.717) is 125 Å². The fourth-order valence-corrected chi connectivity index (χ4v) is 3.79. The van der Waals surface area contributed by atoms with Gasteiger partial charge in [0.1, 0.15) is 6.61 Å². The van der Waals surface area contributed by atoms with Crippen LogP contribution in [0.4, 0.5) is 22.0 Å². The summed E-state index contributed by atoms with van der Waals surface area (Å²) in [6.07, 6.45) is 0.695. The third-order valence-corrected chi connectivity index (χ3v) is 6.50. The molecule has 0 heterocycles. The normalized spacial score (nSPS) is 11.4. The Morgan fingerprint density at radius 3 is 0.891 bits per heavy atom. The van der Waals surface area contributed by atoms with Crippen LogP contribution in [0.25, 0.3) is 0 Å². The molecule has 0 bridgehead atoms. The Labute approximate surface area is 318 Å². The summed E-state index contributed by atoms with van der Waals surface area (Å²) < 4.78 is 135. The van der Waals surface area contributed by atoms with Crippen LogP contribution >= 0.6 is 0 Å². The van der Waals surface area contributed by atoms with Gasteiger partial charge in [-0.3, -0.25) is 9.59 Å². The minimum atomic E-state index is -2.35. The zero-order valence-electron chi connectivity index (χ0n) is 31.4. The molecule has 15 nitrogen and oxygen atoms in total. The molecule has 0 aliphatic carbocycles. The first kappa shape index (κ1) is 50.4. The van der Waals surface area contributed by atoms with E-state index in [1.54, 1.807) is 0 Å². The second-order valence-corrected chi connectivity index (χ2v) is 10.8. The van der Waals surface area contributed by atoms with Crippen molar-refractivity contribution in [1.29, 1.82) is 0 Å². The van der Waals surface area contributed by atoms with Crippen LogP contribution in [0, 0.1) is 29.1 Å². The van der Waals surface area contributed by atoms with Gasteiger partial charge < -0.3 is 61.6 Å². The molecule has 0 aliphatic heterocycles.